The highest BCUT2D eigenvalue weighted by atomic mass is 35.5. The van der Waals surface area contributed by atoms with Crippen molar-refractivity contribution < 1.29 is 41.8 Å². The number of aryl methyl sites for hydroxylation is 1. The number of methoxy groups -OCH3 is 2. The van der Waals surface area contributed by atoms with Gasteiger partial charge in [0.05, 0.1) is 30.1 Å². The number of ketones is 1. The summed E-state index contributed by atoms with van der Waals surface area (Å²) in [5, 5.41) is 2.28. The van der Waals surface area contributed by atoms with Gasteiger partial charge in [-0.25, -0.2) is 17.9 Å². The number of fused-ring (bicyclic) bond motifs is 5. The van der Waals surface area contributed by atoms with E-state index in [-0.39, 0.29) is 35.8 Å². The van der Waals surface area contributed by atoms with Crippen molar-refractivity contribution in [3.8, 4) is 5.75 Å². The van der Waals surface area contributed by atoms with Crippen molar-refractivity contribution in [2.45, 2.75) is 88.7 Å². The predicted molar refractivity (Wildman–Crippen MR) is 204 cm³/mol. The smallest absolute Gasteiger partial charge is 0.336 e. The maximum absolute atomic E-state index is 13.7. The number of ether oxygens (including phenoxy) is 3. The molecule has 2 aromatic carbocycles. The summed E-state index contributed by atoms with van der Waals surface area (Å²) in [6.45, 7) is 5.72. The van der Waals surface area contributed by atoms with Crippen molar-refractivity contribution in [1.29, 1.82) is 0 Å². The predicted octanol–water partition coefficient (Wildman–Crippen LogP) is 5.33. The fourth-order valence-corrected chi connectivity index (χ4v) is 10.0. The topological polar surface area (TPSA) is 157 Å². The summed E-state index contributed by atoms with van der Waals surface area (Å²) in [6, 6.07) is 9.54. The highest BCUT2D eigenvalue weighted by molar-refractivity contribution is 7.90. The first-order valence-electron chi connectivity index (χ1n) is 18.7. The number of carbonyl (C=O) groups excluding carboxylic acids is 4. The first-order valence-corrected chi connectivity index (χ1v) is 20.6. The van der Waals surface area contributed by atoms with Crippen LogP contribution < -0.4 is 19.7 Å². The van der Waals surface area contributed by atoms with Gasteiger partial charge in [0.25, 0.3) is 5.91 Å². The molecule has 8 atom stereocenters. The minimum atomic E-state index is -4.09. The lowest BCUT2D eigenvalue weighted by molar-refractivity contribution is -0.149. The lowest BCUT2D eigenvalue weighted by Gasteiger charge is -2.49. The zero-order chi connectivity index (χ0) is 38.9. The molecule has 0 spiro atoms. The summed E-state index contributed by atoms with van der Waals surface area (Å²) in [7, 11) is -1.40. The molecule has 2 aliphatic heterocycles. The zero-order valence-corrected chi connectivity index (χ0v) is 33.0. The number of benzene rings is 2. The van der Waals surface area contributed by atoms with E-state index in [4.69, 9.17) is 25.8 Å². The normalized spacial score (nSPS) is 30.2. The second-order valence-corrected chi connectivity index (χ2v) is 17.8. The zero-order valence-electron chi connectivity index (χ0n) is 31.4. The molecule has 2 aliphatic carbocycles. The Morgan fingerprint density at radius 1 is 1.07 bits per heavy atom. The Morgan fingerprint density at radius 2 is 1.83 bits per heavy atom. The summed E-state index contributed by atoms with van der Waals surface area (Å²) in [5.41, 5.74) is 1.96. The Morgan fingerprint density at radius 3 is 2.52 bits per heavy atom. The number of halogens is 1. The van der Waals surface area contributed by atoms with Crippen LogP contribution in [0.4, 0.5) is 5.69 Å². The number of rotatable bonds is 6. The minimum Gasteiger partial charge on any atom is -0.483 e. The molecule has 1 fully saturated rings. The Labute approximate surface area is 322 Å². The van der Waals surface area contributed by atoms with Crippen LogP contribution >= 0.6 is 11.6 Å². The fourth-order valence-electron chi connectivity index (χ4n) is 8.56. The van der Waals surface area contributed by atoms with E-state index in [2.05, 4.69) is 14.9 Å². The number of Topliss-reactive ketones (excluding diaryl/α,β-unsaturated/α-hetero) is 1. The number of esters is 1. The quantitative estimate of drug-likeness (QED) is 0.223. The largest absolute Gasteiger partial charge is 0.483 e. The van der Waals surface area contributed by atoms with Crippen LogP contribution in [0.2, 0.25) is 5.02 Å². The minimum absolute atomic E-state index is 0.0370. The molecule has 2 amide bonds. The van der Waals surface area contributed by atoms with E-state index >= 15 is 0 Å². The number of nitrogens with one attached hydrogen (secondary N) is 2. The van der Waals surface area contributed by atoms with Gasteiger partial charge in [-0.15, -0.1) is 0 Å². The van der Waals surface area contributed by atoms with Gasteiger partial charge in [0.2, 0.25) is 15.9 Å². The standard InChI is InChI=1S/C40H50ClN3O9S/c1-23-8-7-17-40(52-5,20-35(46)42-36(24(2)45)39(48)51-4)32-15-11-28(32)21-44-22-29-10-6-9-26-18-30(41)13-14-31(26)37(29)53-34-16-12-27(19-33(34)44)38(47)43-54(49,50)25(23)3/h7,12-14,16-19,23,25,28-29,32,36-37H,6,8-11,15,20-22H2,1-5H3,(H,42,46)(H,43,47)/b17-7+/t23-,25+,28-,29+,32+,36-,37?,40+/m0/s1. The van der Waals surface area contributed by atoms with Gasteiger partial charge in [-0.3, -0.25) is 14.4 Å². The molecule has 14 heteroatoms. The van der Waals surface area contributed by atoms with E-state index < -0.39 is 56.4 Å². The third-order valence-electron chi connectivity index (χ3n) is 12.0. The molecule has 4 aliphatic rings. The van der Waals surface area contributed by atoms with Gasteiger partial charge in [0, 0.05) is 36.7 Å². The number of allylic oxidation sites excluding steroid dienone is 1. The number of anilines is 1. The third-order valence-corrected chi connectivity index (χ3v) is 14.2. The lowest BCUT2D eigenvalue weighted by Crippen LogP contribution is -2.54. The Bertz CT molecular complexity index is 1940. The van der Waals surface area contributed by atoms with Crippen LogP contribution in [0.5, 0.6) is 5.75 Å². The monoisotopic (exact) mass is 783 g/mol. The molecule has 1 saturated carbocycles. The molecule has 0 radical (unpaired) electrons. The molecule has 6 rings (SSSR count). The Kier molecular flexibility index (Phi) is 11.8. The van der Waals surface area contributed by atoms with Crippen LogP contribution in [0.3, 0.4) is 0 Å². The fraction of sp³-hybridized carbons (Fsp3) is 0.550. The van der Waals surface area contributed by atoms with Crippen LogP contribution in [0.1, 0.15) is 86.9 Å². The summed E-state index contributed by atoms with van der Waals surface area (Å²) in [6.07, 6.45) is 7.82. The lowest BCUT2D eigenvalue weighted by atomic mass is 9.63. The molecule has 292 valence electrons. The molecule has 2 N–H and O–H groups in total. The van der Waals surface area contributed by atoms with Crippen LogP contribution in [0.15, 0.2) is 48.6 Å². The first-order chi connectivity index (χ1) is 25.7. The molecule has 54 heavy (non-hydrogen) atoms. The van der Waals surface area contributed by atoms with E-state index in [1.807, 2.05) is 30.4 Å². The van der Waals surface area contributed by atoms with Crippen LogP contribution in [-0.2, 0) is 40.3 Å². The van der Waals surface area contributed by atoms with Gasteiger partial charge in [-0.05, 0) is 112 Å². The number of carbonyl (C=O) groups is 4. The molecule has 0 saturated heterocycles. The third kappa shape index (κ3) is 8.04. The maximum Gasteiger partial charge on any atom is 0.336 e. The van der Waals surface area contributed by atoms with Crippen LogP contribution in [0.25, 0.3) is 0 Å². The van der Waals surface area contributed by atoms with E-state index in [1.165, 1.54) is 6.92 Å². The van der Waals surface area contributed by atoms with Gasteiger partial charge >= 0.3 is 5.97 Å². The Hall–Kier alpha value is -3.94. The SMILES string of the molecule is COC(=O)[C@@H](NC(=O)C[C@]1(OC)/C=C/C[C@H](C)[C@@H](C)S(=O)(=O)NC(=O)c2ccc3c(c2)N(C[C@H]2CCCc4cc(Cl)ccc4C2O3)C[C@@H]2CC[C@H]21)C(C)=O. The van der Waals surface area contributed by atoms with E-state index in [9.17, 15) is 27.6 Å². The maximum atomic E-state index is 13.7. The summed E-state index contributed by atoms with van der Waals surface area (Å²) in [5.74, 6) is -2.55. The highest BCUT2D eigenvalue weighted by Crippen LogP contribution is 2.50. The summed E-state index contributed by atoms with van der Waals surface area (Å²) >= 11 is 6.42. The van der Waals surface area contributed by atoms with Crippen molar-refractivity contribution >= 4 is 50.9 Å². The number of amides is 2. The molecule has 1 unspecified atom stereocenters. The number of hydrogen-bond acceptors (Lipinski definition) is 10. The molecule has 0 aromatic heterocycles. The van der Waals surface area contributed by atoms with E-state index in [1.54, 1.807) is 39.2 Å². The molecular formula is C40H50ClN3O9S. The summed E-state index contributed by atoms with van der Waals surface area (Å²) in [4.78, 5) is 54.2. The van der Waals surface area contributed by atoms with Crippen molar-refractivity contribution in [2.24, 2.45) is 23.7 Å². The number of hydrogen-bond donors (Lipinski definition) is 2. The van der Waals surface area contributed by atoms with E-state index in [0.29, 0.717) is 36.0 Å². The van der Waals surface area contributed by atoms with Crippen molar-refractivity contribution in [1.82, 2.24) is 10.0 Å². The molecule has 2 aromatic rings. The second kappa shape index (κ2) is 16.0. The van der Waals surface area contributed by atoms with Crippen molar-refractivity contribution in [3.05, 3.63) is 70.3 Å². The number of nitrogens with zero attached hydrogens (tertiary/aromatic N) is 1. The Balaban J connectivity index is 1.42. The van der Waals surface area contributed by atoms with Gasteiger partial charge in [0.15, 0.2) is 11.8 Å². The van der Waals surface area contributed by atoms with Gasteiger partial charge in [0.1, 0.15) is 11.9 Å². The second-order valence-electron chi connectivity index (χ2n) is 15.3. The number of sulfonamides is 1. The molecule has 2 bridgehead atoms. The van der Waals surface area contributed by atoms with Gasteiger partial charge in [-0.1, -0.05) is 36.7 Å². The van der Waals surface area contributed by atoms with E-state index in [0.717, 1.165) is 50.3 Å². The van der Waals surface area contributed by atoms with Crippen molar-refractivity contribution in [3.63, 3.8) is 0 Å². The van der Waals surface area contributed by atoms with Gasteiger partial charge in [-0.2, -0.15) is 0 Å². The average molecular weight is 784 g/mol. The molecule has 2 heterocycles. The van der Waals surface area contributed by atoms with Crippen LogP contribution in [-0.4, -0.2) is 76.2 Å². The average Bonchev–Trinajstić information content (AvgIpc) is 3.37. The molecular weight excluding hydrogens is 734 g/mol. The molecule has 12 nitrogen and oxygen atoms in total. The highest BCUT2D eigenvalue weighted by Gasteiger charge is 2.49. The van der Waals surface area contributed by atoms with Crippen molar-refractivity contribution in [2.75, 3.05) is 32.2 Å². The summed E-state index contributed by atoms with van der Waals surface area (Å²) < 4.78 is 47.3. The van der Waals surface area contributed by atoms with Crippen LogP contribution in [0, 0.1) is 23.7 Å². The van der Waals surface area contributed by atoms with Gasteiger partial charge < -0.3 is 24.4 Å². The first kappa shape index (κ1) is 39.7.